The molecule has 1 unspecified atom stereocenters. The molecule has 0 amide bonds. The van der Waals surface area contributed by atoms with E-state index in [1.807, 2.05) is 12.1 Å². The molecule has 0 aliphatic heterocycles. The number of hydrogen-bond donors (Lipinski definition) is 2. The van der Waals surface area contributed by atoms with Gasteiger partial charge in [0.15, 0.2) is 0 Å². The molecular weight excluding hydrogens is 270 g/mol. The molecule has 0 saturated carbocycles. The number of nitrogen functional groups attached to an aromatic ring is 1. The van der Waals surface area contributed by atoms with Gasteiger partial charge < -0.3 is 11.1 Å². The van der Waals surface area contributed by atoms with Gasteiger partial charge in [0.25, 0.3) is 0 Å². The number of hydrogen-bond acceptors (Lipinski definition) is 3. The molecule has 0 bridgehead atoms. The third kappa shape index (κ3) is 2.31. The molecule has 0 aromatic heterocycles. The van der Waals surface area contributed by atoms with E-state index in [1.54, 1.807) is 18.2 Å². The summed E-state index contributed by atoms with van der Waals surface area (Å²) in [5.41, 5.74) is 10.5. The van der Waals surface area contributed by atoms with Gasteiger partial charge in [0, 0.05) is 10.7 Å². The van der Waals surface area contributed by atoms with E-state index in [9.17, 15) is 0 Å². The van der Waals surface area contributed by atoms with E-state index in [2.05, 4.69) is 17.5 Å². The van der Waals surface area contributed by atoms with Gasteiger partial charge in [-0.15, -0.1) is 0 Å². The fourth-order valence-corrected chi connectivity index (χ4v) is 2.88. The Hall–Kier alpha value is -2.18. The molecular formula is C16H14ClN3. The van der Waals surface area contributed by atoms with Gasteiger partial charge in [-0.2, -0.15) is 5.26 Å². The van der Waals surface area contributed by atoms with Crippen molar-refractivity contribution in [2.75, 3.05) is 11.1 Å². The van der Waals surface area contributed by atoms with E-state index >= 15 is 0 Å². The van der Waals surface area contributed by atoms with Crippen molar-refractivity contribution in [1.82, 2.24) is 0 Å². The molecule has 20 heavy (non-hydrogen) atoms. The predicted octanol–water partition coefficient (Wildman–Crippen LogP) is 3.89. The largest absolute Gasteiger partial charge is 0.399 e. The highest BCUT2D eigenvalue weighted by Gasteiger charge is 2.23. The summed E-state index contributed by atoms with van der Waals surface area (Å²) in [6.07, 6.45) is 2.00. The molecule has 100 valence electrons. The number of halogens is 1. The molecule has 3 N–H and O–H groups in total. The second-order valence-electron chi connectivity index (χ2n) is 5.00. The minimum absolute atomic E-state index is 0.205. The van der Waals surface area contributed by atoms with Crippen LogP contribution in [0.3, 0.4) is 0 Å². The van der Waals surface area contributed by atoms with Crippen LogP contribution in [0.15, 0.2) is 36.4 Å². The zero-order valence-electron chi connectivity index (χ0n) is 10.9. The zero-order chi connectivity index (χ0) is 14.1. The van der Waals surface area contributed by atoms with Crippen molar-refractivity contribution in [3.05, 3.63) is 58.1 Å². The summed E-state index contributed by atoms with van der Waals surface area (Å²) in [6.45, 7) is 0. The average Bonchev–Trinajstić information content (AvgIpc) is 2.81. The Kier molecular flexibility index (Phi) is 3.25. The number of nitrogens with zero attached hydrogens (tertiary/aromatic N) is 1. The molecule has 0 radical (unpaired) electrons. The highest BCUT2D eigenvalue weighted by Crippen LogP contribution is 2.36. The van der Waals surface area contributed by atoms with Crippen LogP contribution in [0.5, 0.6) is 0 Å². The van der Waals surface area contributed by atoms with E-state index < -0.39 is 0 Å². The summed E-state index contributed by atoms with van der Waals surface area (Å²) in [5, 5.41) is 13.2. The lowest BCUT2D eigenvalue weighted by Crippen LogP contribution is -2.08. The molecule has 3 rings (SSSR count). The van der Waals surface area contributed by atoms with E-state index in [0.29, 0.717) is 10.6 Å². The molecule has 0 spiro atoms. The fourth-order valence-electron chi connectivity index (χ4n) is 2.71. The summed E-state index contributed by atoms with van der Waals surface area (Å²) >= 11 is 6.01. The lowest BCUT2D eigenvalue weighted by molar-refractivity contribution is 0.762. The Morgan fingerprint density at radius 3 is 2.90 bits per heavy atom. The van der Waals surface area contributed by atoms with Crippen LogP contribution in [0.4, 0.5) is 11.4 Å². The maximum Gasteiger partial charge on any atom is 0.101 e. The van der Waals surface area contributed by atoms with Gasteiger partial charge >= 0.3 is 0 Å². The Bertz CT molecular complexity index is 703. The van der Waals surface area contributed by atoms with Crippen molar-refractivity contribution >= 4 is 23.0 Å². The third-order valence-electron chi connectivity index (χ3n) is 3.68. The van der Waals surface area contributed by atoms with Crippen molar-refractivity contribution in [2.45, 2.75) is 18.9 Å². The van der Waals surface area contributed by atoms with Gasteiger partial charge in [-0.1, -0.05) is 17.7 Å². The monoisotopic (exact) mass is 283 g/mol. The molecule has 2 aromatic carbocycles. The van der Waals surface area contributed by atoms with Crippen LogP contribution in [-0.2, 0) is 6.42 Å². The van der Waals surface area contributed by atoms with Crippen LogP contribution in [0.2, 0.25) is 5.02 Å². The van der Waals surface area contributed by atoms with Crippen molar-refractivity contribution in [2.24, 2.45) is 0 Å². The van der Waals surface area contributed by atoms with Gasteiger partial charge in [-0.25, -0.2) is 0 Å². The summed E-state index contributed by atoms with van der Waals surface area (Å²) < 4.78 is 0. The van der Waals surface area contributed by atoms with Crippen molar-refractivity contribution in [3.8, 4) is 6.07 Å². The lowest BCUT2D eigenvalue weighted by atomic mass is 10.1. The number of aryl methyl sites for hydroxylation is 1. The van der Waals surface area contributed by atoms with E-state index in [-0.39, 0.29) is 6.04 Å². The summed E-state index contributed by atoms with van der Waals surface area (Å²) in [5.74, 6) is 0. The number of nitrogens with two attached hydrogens (primary N) is 1. The van der Waals surface area contributed by atoms with Crippen LogP contribution in [-0.4, -0.2) is 0 Å². The second kappa shape index (κ2) is 5.07. The first-order valence-electron chi connectivity index (χ1n) is 6.52. The van der Waals surface area contributed by atoms with E-state index in [4.69, 9.17) is 22.6 Å². The fraction of sp³-hybridized carbons (Fsp3) is 0.188. The first-order valence-corrected chi connectivity index (χ1v) is 6.89. The summed E-state index contributed by atoms with van der Waals surface area (Å²) in [4.78, 5) is 0. The Morgan fingerprint density at radius 2 is 2.10 bits per heavy atom. The van der Waals surface area contributed by atoms with Crippen molar-refractivity contribution < 1.29 is 0 Å². The smallest absolute Gasteiger partial charge is 0.101 e. The van der Waals surface area contributed by atoms with Gasteiger partial charge in [-0.3, -0.25) is 0 Å². The number of nitriles is 1. The normalized spacial score (nSPS) is 16.5. The standard InChI is InChI=1S/C16H14ClN3/c17-12-3-1-11(9-18)16(8-12)20-15-6-2-10-7-13(19)4-5-14(10)15/h1,3-5,7-8,15,20H,2,6,19H2. The SMILES string of the molecule is N#Cc1ccc(Cl)cc1NC1CCc2cc(N)ccc21. The van der Waals surface area contributed by atoms with Gasteiger partial charge in [0.1, 0.15) is 6.07 Å². The number of rotatable bonds is 2. The van der Waals surface area contributed by atoms with E-state index in [1.165, 1.54) is 11.1 Å². The van der Waals surface area contributed by atoms with Gasteiger partial charge in [0.2, 0.25) is 0 Å². The Labute approximate surface area is 123 Å². The van der Waals surface area contributed by atoms with Gasteiger partial charge in [-0.05, 0) is 54.3 Å². The molecule has 0 heterocycles. The molecule has 0 saturated heterocycles. The minimum atomic E-state index is 0.205. The summed E-state index contributed by atoms with van der Waals surface area (Å²) in [7, 11) is 0. The summed E-state index contributed by atoms with van der Waals surface area (Å²) in [6, 6.07) is 13.7. The third-order valence-corrected chi connectivity index (χ3v) is 3.91. The predicted molar refractivity (Wildman–Crippen MR) is 81.7 cm³/mol. The minimum Gasteiger partial charge on any atom is -0.399 e. The van der Waals surface area contributed by atoms with Crippen LogP contribution in [0.1, 0.15) is 29.2 Å². The molecule has 2 aromatic rings. The van der Waals surface area contributed by atoms with Gasteiger partial charge in [0.05, 0.1) is 17.3 Å². The Balaban J connectivity index is 1.91. The van der Waals surface area contributed by atoms with E-state index in [0.717, 1.165) is 24.2 Å². The quantitative estimate of drug-likeness (QED) is 0.822. The first kappa shape index (κ1) is 12.8. The highest BCUT2D eigenvalue weighted by atomic mass is 35.5. The number of anilines is 2. The van der Waals surface area contributed by atoms with Crippen molar-refractivity contribution in [1.29, 1.82) is 5.26 Å². The molecule has 4 heteroatoms. The van der Waals surface area contributed by atoms with Crippen LogP contribution < -0.4 is 11.1 Å². The molecule has 1 aliphatic carbocycles. The molecule has 1 aliphatic rings. The molecule has 1 atom stereocenters. The average molecular weight is 284 g/mol. The molecule has 0 fully saturated rings. The highest BCUT2D eigenvalue weighted by molar-refractivity contribution is 6.30. The second-order valence-corrected chi connectivity index (χ2v) is 5.43. The maximum absolute atomic E-state index is 9.17. The zero-order valence-corrected chi connectivity index (χ0v) is 11.6. The molecule has 3 nitrogen and oxygen atoms in total. The number of nitrogens with one attached hydrogen (secondary N) is 1. The van der Waals surface area contributed by atoms with Crippen LogP contribution in [0.25, 0.3) is 0 Å². The first-order chi connectivity index (χ1) is 9.67. The van der Waals surface area contributed by atoms with Crippen LogP contribution in [0, 0.1) is 11.3 Å². The number of benzene rings is 2. The Morgan fingerprint density at radius 1 is 1.25 bits per heavy atom. The lowest BCUT2D eigenvalue weighted by Gasteiger charge is -2.17. The number of fused-ring (bicyclic) bond motifs is 1. The van der Waals surface area contributed by atoms with Crippen LogP contribution >= 0.6 is 11.6 Å². The maximum atomic E-state index is 9.17. The van der Waals surface area contributed by atoms with Crippen molar-refractivity contribution in [3.63, 3.8) is 0 Å². The topological polar surface area (TPSA) is 61.8 Å².